The Morgan fingerprint density at radius 3 is 2.70 bits per heavy atom. The summed E-state index contributed by atoms with van der Waals surface area (Å²) < 4.78 is 29.8. The molecule has 3 aromatic rings. The number of hydrogen-bond donors (Lipinski definition) is 2. The molecule has 27 heavy (non-hydrogen) atoms. The standard InChI is InChI=1S/C20H23N3O2S2/c1-12-11-18(22-21-12)19-13(2)26-14(3)20(19)27(24,25)23-17-10-6-8-15-7-4-5-9-16(15)17/h4-5,7,9,11,17,23H,6,8,10H2,1-3H3,(H,21,22)/t17-/m1/s1. The predicted octanol–water partition coefficient (Wildman–Crippen LogP) is 4.42. The highest BCUT2D eigenvalue weighted by atomic mass is 32.2. The number of aryl methyl sites for hydroxylation is 4. The number of thiophene rings is 1. The van der Waals surface area contributed by atoms with E-state index in [9.17, 15) is 8.42 Å². The van der Waals surface area contributed by atoms with Crippen molar-refractivity contribution in [3.05, 3.63) is 56.9 Å². The van der Waals surface area contributed by atoms with Gasteiger partial charge in [-0.3, -0.25) is 5.10 Å². The molecule has 0 fully saturated rings. The van der Waals surface area contributed by atoms with E-state index in [-0.39, 0.29) is 6.04 Å². The maximum absolute atomic E-state index is 13.4. The van der Waals surface area contributed by atoms with Crippen LogP contribution in [-0.4, -0.2) is 18.6 Å². The molecule has 0 spiro atoms. The molecule has 0 unspecified atom stereocenters. The van der Waals surface area contributed by atoms with E-state index in [1.54, 1.807) is 0 Å². The van der Waals surface area contributed by atoms with Gasteiger partial charge in [-0.2, -0.15) is 5.10 Å². The van der Waals surface area contributed by atoms with Gasteiger partial charge in [0.1, 0.15) is 4.90 Å². The molecule has 5 nitrogen and oxygen atoms in total. The zero-order valence-corrected chi connectivity index (χ0v) is 17.3. The number of benzene rings is 1. The van der Waals surface area contributed by atoms with Crippen LogP contribution in [0.3, 0.4) is 0 Å². The lowest BCUT2D eigenvalue weighted by molar-refractivity contribution is 0.507. The molecule has 2 heterocycles. The summed E-state index contributed by atoms with van der Waals surface area (Å²) in [5, 5.41) is 7.22. The summed E-state index contributed by atoms with van der Waals surface area (Å²) in [6.07, 6.45) is 2.80. The molecular weight excluding hydrogens is 378 g/mol. The second-order valence-electron chi connectivity index (χ2n) is 7.12. The van der Waals surface area contributed by atoms with Crippen molar-refractivity contribution in [2.24, 2.45) is 0 Å². The van der Waals surface area contributed by atoms with Gasteiger partial charge >= 0.3 is 0 Å². The first kappa shape index (κ1) is 18.4. The first-order valence-electron chi connectivity index (χ1n) is 9.09. The Hall–Kier alpha value is -1.96. The van der Waals surface area contributed by atoms with Crippen LogP contribution in [0.4, 0.5) is 0 Å². The topological polar surface area (TPSA) is 74.8 Å². The van der Waals surface area contributed by atoms with Gasteiger partial charge in [0.15, 0.2) is 0 Å². The molecule has 0 radical (unpaired) electrons. The molecule has 0 saturated heterocycles. The molecule has 0 amide bonds. The van der Waals surface area contributed by atoms with Crippen LogP contribution in [0, 0.1) is 20.8 Å². The summed E-state index contributed by atoms with van der Waals surface area (Å²) in [4.78, 5) is 2.11. The highest BCUT2D eigenvalue weighted by molar-refractivity contribution is 7.89. The van der Waals surface area contributed by atoms with Crippen molar-refractivity contribution in [3.8, 4) is 11.3 Å². The normalized spacial score (nSPS) is 17.1. The monoisotopic (exact) mass is 401 g/mol. The van der Waals surface area contributed by atoms with Crippen LogP contribution in [0.5, 0.6) is 0 Å². The molecular formula is C20H23N3O2S2. The van der Waals surface area contributed by atoms with Crippen LogP contribution in [-0.2, 0) is 16.4 Å². The molecule has 0 saturated carbocycles. The van der Waals surface area contributed by atoms with E-state index >= 15 is 0 Å². The lowest BCUT2D eigenvalue weighted by atomic mass is 9.88. The number of rotatable bonds is 4. The maximum atomic E-state index is 13.4. The van der Waals surface area contributed by atoms with Crippen molar-refractivity contribution >= 4 is 21.4 Å². The number of sulfonamides is 1. The Kier molecular flexibility index (Phi) is 4.70. The largest absolute Gasteiger partial charge is 0.282 e. The minimum atomic E-state index is -3.68. The van der Waals surface area contributed by atoms with Crippen LogP contribution in [0.25, 0.3) is 11.3 Å². The molecule has 7 heteroatoms. The predicted molar refractivity (Wildman–Crippen MR) is 109 cm³/mol. The minimum Gasteiger partial charge on any atom is -0.282 e. The molecule has 0 bridgehead atoms. The van der Waals surface area contributed by atoms with Gasteiger partial charge in [-0.1, -0.05) is 24.3 Å². The Bertz CT molecular complexity index is 1100. The highest BCUT2D eigenvalue weighted by Gasteiger charge is 2.31. The molecule has 1 aliphatic carbocycles. The lowest BCUT2D eigenvalue weighted by Crippen LogP contribution is -2.31. The van der Waals surface area contributed by atoms with Crippen molar-refractivity contribution in [2.45, 2.75) is 51.0 Å². The Balaban J connectivity index is 1.76. The Labute approximate surface area is 163 Å². The van der Waals surface area contributed by atoms with Gasteiger partial charge < -0.3 is 0 Å². The van der Waals surface area contributed by atoms with Crippen molar-refractivity contribution in [3.63, 3.8) is 0 Å². The fraction of sp³-hybridized carbons (Fsp3) is 0.350. The molecule has 1 atom stereocenters. The summed E-state index contributed by atoms with van der Waals surface area (Å²) in [6.45, 7) is 5.73. The van der Waals surface area contributed by atoms with E-state index in [0.717, 1.165) is 40.3 Å². The van der Waals surface area contributed by atoms with E-state index < -0.39 is 10.0 Å². The SMILES string of the molecule is Cc1cc(-c2c(C)sc(C)c2S(=O)(=O)N[C@@H]2CCCc3ccccc32)n[nH]1. The quantitative estimate of drug-likeness (QED) is 0.679. The van der Waals surface area contributed by atoms with Gasteiger partial charge in [-0.15, -0.1) is 11.3 Å². The first-order valence-corrected chi connectivity index (χ1v) is 11.4. The van der Waals surface area contributed by atoms with Gasteiger partial charge in [-0.25, -0.2) is 13.1 Å². The Morgan fingerprint density at radius 1 is 1.19 bits per heavy atom. The third-order valence-electron chi connectivity index (χ3n) is 5.10. The van der Waals surface area contributed by atoms with E-state index in [0.29, 0.717) is 16.2 Å². The van der Waals surface area contributed by atoms with Gasteiger partial charge in [0.05, 0.1) is 5.69 Å². The zero-order chi connectivity index (χ0) is 19.2. The van der Waals surface area contributed by atoms with Crippen molar-refractivity contribution < 1.29 is 8.42 Å². The van der Waals surface area contributed by atoms with E-state index in [1.165, 1.54) is 16.9 Å². The van der Waals surface area contributed by atoms with E-state index in [1.807, 2.05) is 45.0 Å². The number of fused-ring (bicyclic) bond motifs is 1. The summed E-state index contributed by atoms with van der Waals surface area (Å²) in [5.74, 6) is 0. The summed E-state index contributed by atoms with van der Waals surface area (Å²) in [5.41, 5.74) is 4.62. The number of nitrogens with one attached hydrogen (secondary N) is 2. The third kappa shape index (κ3) is 3.35. The average molecular weight is 402 g/mol. The van der Waals surface area contributed by atoms with Gasteiger partial charge in [0.25, 0.3) is 0 Å². The van der Waals surface area contributed by atoms with Crippen LogP contribution in [0.15, 0.2) is 35.2 Å². The van der Waals surface area contributed by atoms with Crippen molar-refractivity contribution in [1.29, 1.82) is 0 Å². The number of aromatic nitrogens is 2. The molecule has 1 aromatic carbocycles. The van der Waals surface area contributed by atoms with Gasteiger partial charge in [0, 0.05) is 27.1 Å². The average Bonchev–Trinajstić information content (AvgIpc) is 3.17. The highest BCUT2D eigenvalue weighted by Crippen LogP contribution is 2.39. The maximum Gasteiger partial charge on any atom is 0.242 e. The van der Waals surface area contributed by atoms with Crippen LogP contribution in [0.2, 0.25) is 0 Å². The van der Waals surface area contributed by atoms with Crippen LogP contribution in [0.1, 0.15) is 45.5 Å². The summed E-state index contributed by atoms with van der Waals surface area (Å²) in [7, 11) is -3.68. The fourth-order valence-electron chi connectivity index (χ4n) is 3.95. The number of H-pyrrole nitrogens is 1. The van der Waals surface area contributed by atoms with Crippen molar-refractivity contribution in [1.82, 2.24) is 14.9 Å². The molecule has 4 rings (SSSR count). The van der Waals surface area contributed by atoms with Gasteiger partial charge in [-0.05, 0) is 57.2 Å². The third-order valence-corrected chi connectivity index (χ3v) is 7.90. The van der Waals surface area contributed by atoms with Crippen LogP contribution < -0.4 is 4.72 Å². The van der Waals surface area contributed by atoms with Crippen LogP contribution >= 0.6 is 11.3 Å². The van der Waals surface area contributed by atoms with E-state index in [4.69, 9.17) is 0 Å². The molecule has 1 aliphatic rings. The smallest absolute Gasteiger partial charge is 0.242 e. The molecule has 2 aromatic heterocycles. The molecule has 0 aliphatic heterocycles. The molecule has 142 valence electrons. The summed E-state index contributed by atoms with van der Waals surface area (Å²) >= 11 is 1.50. The molecule has 2 N–H and O–H groups in total. The summed E-state index contributed by atoms with van der Waals surface area (Å²) in [6, 6.07) is 9.82. The second-order valence-corrected chi connectivity index (χ2v) is 10.2. The van der Waals surface area contributed by atoms with Crippen molar-refractivity contribution in [2.75, 3.05) is 0 Å². The van der Waals surface area contributed by atoms with E-state index in [2.05, 4.69) is 21.0 Å². The lowest BCUT2D eigenvalue weighted by Gasteiger charge is -2.26. The number of hydrogen-bond acceptors (Lipinski definition) is 4. The van der Waals surface area contributed by atoms with Gasteiger partial charge in [0.2, 0.25) is 10.0 Å². The zero-order valence-electron chi connectivity index (χ0n) is 15.7. The number of nitrogens with zero attached hydrogens (tertiary/aromatic N) is 1. The fourth-order valence-corrected chi connectivity index (χ4v) is 7.08. The number of aromatic amines is 1. The first-order chi connectivity index (χ1) is 12.9. The minimum absolute atomic E-state index is 0.187. The second kappa shape index (κ2) is 6.89. The Morgan fingerprint density at radius 2 is 1.96 bits per heavy atom.